The van der Waals surface area contributed by atoms with Crippen molar-refractivity contribution in [1.29, 1.82) is 0 Å². The van der Waals surface area contributed by atoms with Crippen molar-refractivity contribution < 1.29 is 9.53 Å². The molecule has 0 aromatic carbocycles. The van der Waals surface area contributed by atoms with Crippen molar-refractivity contribution in [2.24, 2.45) is 7.05 Å². The normalized spacial score (nSPS) is 11.0. The third-order valence-electron chi connectivity index (χ3n) is 4.19. The molecule has 8 heteroatoms. The van der Waals surface area contributed by atoms with E-state index in [2.05, 4.69) is 25.6 Å². The lowest BCUT2D eigenvalue weighted by Gasteiger charge is -2.09. The van der Waals surface area contributed by atoms with Gasteiger partial charge in [-0.2, -0.15) is 10.2 Å². The Morgan fingerprint density at radius 2 is 2.11 bits per heavy atom. The van der Waals surface area contributed by atoms with Crippen molar-refractivity contribution in [3.05, 3.63) is 47.0 Å². The van der Waals surface area contributed by atoms with E-state index in [1.165, 1.54) is 0 Å². The van der Waals surface area contributed by atoms with Crippen molar-refractivity contribution in [3.8, 4) is 17.1 Å². The maximum absolute atomic E-state index is 12.4. The monoisotopic (exact) mass is 368 g/mol. The number of amides is 1. The fourth-order valence-corrected chi connectivity index (χ4v) is 2.81. The molecule has 3 rings (SSSR count). The van der Waals surface area contributed by atoms with E-state index in [-0.39, 0.29) is 12.0 Å². The van der Waals surface area contributed by atoms with Gasteiger partial charge in [0, 0.05) is 37.1 Å². The molecule has 3 aromatic heterocycles. The molecule has 0 saturated carbocycles. The zero-order valence-electron chi connectivity index (χ0n) is 16.2. The number of hydrogen-bond acceptors (Lipinski definition) is 5. The number of hydrogen-bond donors (Lipinski definition) is 2. The lowest BCUT2D eigenvalue weighted by molar-refractivity contribution is 0.0946. The van der Waals surface area contributed by atoms with Gasteiger partial charge in [-0.3, -0.25) is 14.6 Å². The molecule has 0 saturated heterocycles. The zero-order chi connectivity index (χ0) is 19.6. The van der Waals surface area contributed by atoms with Gasteiger partial charge in [0.2, 0.25) is 5.88 Å². The van der Waals surface area contributed by atoms with Crippen LogP contribution in [0.1, 0.15) is 41.3 Å². The van der Waals surface area contributed by atoms with Crippen LogP contribution >= 0.6 is 0 Å². The van der Waals surface area contributed by atoms with Gasteiger partial charge in [0.1, 0.15) is 5.69 Å². The number of nitrogens with one attached hydrogen (secondary N) is 2. The molecule has 0 aliphatic rings. The lowest BCUT2D eigenvalue weighted by Crippen LogP contribution is -2.23. The number of aromatic amines is 1. The molecule has 8 nitrogen and oxygen atoms in total. The summed E-state index contributed by atoms with van der Waals surface area (Å²) in [6.07, 6.45) is 1.77. The topological polar surface area (TPSA) is 97.7 Å². The first-order chi connectivity index (χ1) is 12.8. The molecular formula is C19H24N6O2. The molecule has 0 unspecified atom stereocenters. The van der Waals surface area contributed by atoms with Gasteiger partial charge in [0.05, 0.1) is 17.5 Å². The highest BCUT2D eigenvalue weighted by atomic mass is 16.5. The zero-order valence-corrected chi connectivity index (χ0v) is 16.2. The number of aryl methyl sites for hydroxylation is 2. The van der Waals surface area contributed by atoms with Crippen molar-refractivity contribution in [1.82, 2.24) is 30.3 Å². The van der Waals surface area contributed by atoms with Crippen LogP contribution in [-0.2, 0) is 13.6 Å². The van der Waals surface area contributed by atoms with Crippen molar-refractivity contribution in [3.63, 3.8) is 0 Å². The first kappa shape index (κ1) is 18.6. The Morgan fingerprint density at radius 3 is 2.70 bits per heavy atom. The Morgan fingerprint density at radius 1 is 1.33 bits per heavy atom. The third-order valence-corrected chi connectivity index (χ3v) is 4.19. The molecule has 142 valence electrons. The fourth-order valence-electron chi connectivity index (χ4n) is 2.81. The number of carbonyl (C=O) groups is 1. The second-order valence-corrected chi connectivity index (χ2v) is 6.69. The Hall–Kier alpha value is -3.16. The highest BCUT2D eigenvalue weighted by molar-refractivity contribution is 5.93. The van der Waals surface area contributed by atoms with Crippen molar-refractivity contribution in [2.45, 2.75) is 40.3 Å². The predicted octanol–water partition coefficient (Wildman–Crippen LogP) is 2.54. The van der Waals surface area contributed by atoms with Gasteiger partial charge in [-0.1, -0.05) is 6.07 Å². The first-order valence-electron chi connectivity index (χ1n) is 8.81. The lowest BCUT2D eigenvalue weighted by atomic mass is 10.1. The quantitative estimate of drug-likeness (QED) is 0.697. The van der Waals surface area contributed by atoms with Gasteiger partial charge in [-0.15, -0.1) is 0 Å². The summed E-state index contributed by atoms with van der Waals surface area (Å²) in [6.45, 7) is 8.17. The summed E-state index contributed by atoms with van der Waals surface area (Å²) >= 11 is 0. The van der Waals surface area contributed by atoms with Gasteiger partial charge in [-0.25, -0.2) is 4.98 Å². The summed E-state index contributed by atoms with van der Waals surface area (Å²) in [5.41, 5.74) is 4.82. The average molecular weight is 368 g/mol. The molecule has 0 radical (unpaired) electrons. The maximum atomic E-state index is 12.4. The van der Waals surface area contributed by atoms with Gasteiger partial charge in [0.15, 0.2) is 0 Å². The minimum atomic E-state index is -0.226. The molecule has 0 bridgehead atoms. The Bertz CT molecular complexity index is 940. The summed E-state index contributed by atoms with van der Waals surface area (Å²) in [5, 5.41) is 14.3. The fraction of sp³-hybridized carbons (Fsp3) is 0.368. The number of nitrogens with zero attached hydrogens (tertiary/aromatic N) is 4. The minimum Gasteiger partial charge on any atom is -0.475 e. The van der Waals surface area contributed by atoms with Crippen LogP contribution in [0.5, 0.6) is 5.88 Å². The standard InChI is InChI=1S/C19H24N6O2/c1-11(2)27-17-7-6-14(9-20-17)10-21-19(26)16-8-15(22-23-16)18-12(3)24-25(5)13(18)4/h6-9,11H,10H2,1-5H3,(H,21,26)(H,22,23). The molecule has 3 heterocycles. The van der Waals surface area contributed by atoms with Gasteiger partial charge in [0.25, 0.3) is 5.91 Å². The third kappa shape index (κ3) is 4.16. The Labute approximate surface area is 158 Å². The van der Waals surface area contributed by atoms with Gasteiger partial charge < -0.3 is 10.1 Å². The molecule has 0 atom stereocenters. The van der Waals surface area contributed by atoms with Crippen LogP contribution in [0.3, 0.4) is 0 Å². The van der Waals surface area contributed by atoms with E-state index in [1.807, 2.05) is 40.8 Å². The van der Waals surface area contributed by atoms with Crippen LogP contribution in [0.15, 0.2) is 24.4 Å². The highest BCUT2D eigenvalue weighted by Crippen LogP contribution is 2.25. The molecule has 0 aliphatic carbocycles. The first-order valence-corrected chi connectivity index (χ1v) is 8.81. The second-order valence-electron chi connectivity index (χ2n) is 6.69. The summed E-state index contributed by atoms with van der Waals surface area (Å²) < 4.78 is 7.32. The van der Waals surface area contributed by atoms with E-state index < -0.39 is 0 Å². The summed E-state index contributed by atoms with van der Waals surface area (Å²) in [6, 6.07) is 5.42. The highest BCUT2D eigenvalue weighted by Gasteiger charge is 2.17. The molecule has 1 amide bonds. The number of ether oxygens (including phenoxy) is 1. The van der Waals surface area contributed by atoms with E-state index in [0.717, 1.165) is 22.5 Å². The van der Waals surface area contributed by atoms with Gasteiger partial charge >= 0.3 is 0 Å². The number of rotatable bonds is 6. The number of aromatic nitrogens is 5. The molecule has 2 N–H and O–H groups in total. The van der Waals surface area contributed by atoms with Crippen LogP contribution in [0.2, 0.25) is 0 Å². The van der Waals surface area contributed by atoms with E-state index in [9.17, 15) is 4.79 Å². The average Bonchev–Trinajstić information content (AvgIpc) is 3.18. The largest absolute Gasteiger partial charge is 0.475 e. The minimum absolute atomic E-state index is 0.0738. The summed E-state index contributed by atoms with van der Waals surface area (Å²) in [5.74, 6) is 0.343. The summed E-state index contributed by atoms with van der Waals surface area (Å²) in [7, 11) is 1.89. The Balaban J connectivity index is 1.64. The Kier molecular flexibility index (Phi) is 5.25. The van der Waals surface area contributed by atoms with E-state index in [4.69, 9.17) is 4.74 Å². The molecular weight excluding hydrogens is 344 g/mol. The van der Waals surface area contributed by atoms with E-state index in [1.54, 1.807) is 23.0 Å². The van der Waals surface area contributed by atoms with E-state index >= 15 is 0 Å². The van der Waals surface area contributed by atoms with E-state index in [0.29, 0.717) is 23.8 Å². The molecule has 3 aromatic rings. The number of carbonyl (C=O) groups excluding carboxylic acids is 1. The van der Waals surface area contributed by atoms with Crippen LogP contribution in [0.25, 0.3) is 11.3 Å². The molecule has 0 fully saturated rings. The van der Waals surface area contributed by atoms with Crippen LogP contribution in [0, 0.1) is 13.8 Å². The molecule has 0 aliphatic heterocycles. The molecule has 0 spiro atoms. The number of H-pyrrole nitrogens is 1. The predicted molar refractivity (Wildman–Crippen MR) is 101 cm³/mol. The van der Waals surface area contributed by atoms with Crippen LogP contribution in [0.4, 0.5) is 0 Å². The van der Waals surface area contributed by atoms with Crippen LogP contribution < -0.4 is 10.1 Å². The van der Waals surface area contributed by atoms with Crippen LogP contribution in [-0.4, -0.2) is 37.0 Å². The smallest absolute Gasteiger partial charge is 0.269 e. The molecule has 27 heavy (non-hydrogen) atoms. The summed E-state index contributed by atoms with van der Waals surface area (Å²) in [4.78, 5) is 16.6. The SMILES string of the molecule is Cc1nn(C)c(C)c1-c1cc(C(=O)NCc2ccc(OC(C)C)nc2)[nH]n1. The van der Waals surface area contributed by atoms with Crippen molar-refractivity contribution >= 4 is 5.91 Å². The second kappa shape index (κ2) is 7.61. The van der Waals surface area contributed by atoms with Gasteiger partial charge in [-0.05, 0) is 39.3 Å². The maximum Gasteiger partial charge on any atom is 0.269 e. The van der Waals surface area contributed by atoms with Crippen molar-refractivity contribution in [2.75, 3.05) is 0 Å². The number of pyridine rings is 1.